The van der Waals surface area contributed by atoms with Crippen LogP contribution < -0.4 is 11.5 Å². The van der Waals surface area contributed by atoms with Crippen molar-refractivity contribution in [3.63, 3.8) is 0 Å². The summed E-state index contributed by atoms with van der Waals surface area (Å²) < 4.78 is 9.16. The van der Waals surface area contributed by atoms with Crippen molar-refractivity contribution in [2.75, 3.05) is 26.3 Å². The summed E-state index contributed by atoms with van der Waals surface area (Å²) in [6.45, 7) is -1.22. The van der Waals surface area contributed by atoms with Crippen molar-refractivity contribution in [1.29, 1.82) is 0 Å². The Morgan fingerprint density at radius 2 is 1.79 bits per heavy atom. The second kappa shape index (κ2) is 7.25. The summed E-state index contributed by atoms with van der Waals surface area (Å²) in [4.78, 5) is 21.3. The molecule has 1 unspecified atom stereocenters. The highest BCUT2D eigenvalue weighted by atomic mass is 16.6. The van der Waals surface area contributed by atoms with E-state index in [2.05, 4.69) is 9.47 Å². The van der Waals surface area contributed by atoms with Crippen LogP contribution in [0.1, 0.15) is 0 Å². The topological polar surface area (TPSA) is 125 Å². The van der Waals surface area contributed by atoms with Gasteiger partial charge in [-0.1, -0.05) is 0 Å². The first-order valence-corrected chi connectivity index (χ1v) is 4.00. The number of nitrogens with two attached hydrogens (primary N) is 2. The minimum absolute atomic E-state index is 0.224. The molecule has 1 atom stereocenters. The molecule has 0 spiro atoms. The van der Waals surface area contributed by atoms with Crippen molar-refractivity contribution in [3.8, 4) is 0 Å². The predicted octanol–water partition coefficient (Wildman–Crippen LogP) is -2.65. The van der Waals surface area contributed by atoms with E-state index in [1.807, 2.05) is 0 Å². The highest BCUT2D eigenvalue weighted by molar-refractivity contribution is 5.72. The molecule has 0 saturated heterocycles. The molecule has 5 N–H and O–H groups in total. The van der Waals surface area contributed by atoms with Gasteiger partial charge in [0.2, 0.25) is 0 Å². The number of carbonyl (C=O) groups excluding carboxylic acids is 2. The summed E-state index contributed by atoms with van der Waals surface area (Å²) in [7, 11) is 0. The molecule has 0 saturated carbocycles. The summed E-state index contributed by atoms with van der Waals surface area (Å²) in [5, 5.41) is 8.72. The molecule has 0 aliphatic heterocycles. The quantitative estimate of drug-likeness (QED) is 0.405. The van der Waals surface area contributed by atoms with Crippen LogP contribution in [0.3, 0.4) is 0 Å². The third kappa shape index (κ3) is 5.46. The highest BCUT2D eigenvalue weighted by Gasteiger charge is 2.14. The SMILES string of the molecule is NCC(=O)OCC(CO)OC(=O)CN. The van der Waals surface area contributed by atoms with Crippen LogP contribution in [0, 0.1) is 0 Å². The Labute approximate surface area is 81.0 Å². The van der Waals surface area contributed by atoms with Crippen molar-refractivity contribution in [3.05, 3.63) is 0 Å². The largest absolute Gasteiger partial charge is 0.461 e. The Balaban J connectivity index is 3.79. The van der Waals surface area contributed by atoms with Gasteiger partial charge in [0.05, 0.1) is 19.7 Å². The molecule has 7 nitrogen and oxygen atoms in total. The van der Waals surface area contributed by atoms with Crippen molar-refractivity contribution in [2.45, 2.75) is 6.10 Å². The van der Waals surface area contributed by atoms with Crippen molar-refractivity contribution < 1.29 is 24.2 Å². The van der Waals surface area contributed by atoms with Gasteiger partial charge < -0.3 is 26.0 Å². The average Bonchev–Trinajstić information content (AvgIpc) is 2.22. The molecule has 0 aliphatic carbocycles. The van der Waals surface area contributed by atoms with Crippen LogP contribution in [0.5, 0.6) is 0 Å². The number of esters is 2. The van der Waals surface area contributed by atoms with Gasteiger partial charge in [-0.2, -0.15) is 0 Å². The first-order chi connectivity index (χ1) is 6.63. The van der Waals surface area contributed by atoms with Gasteiger partial charge >= 0.3 is 11.9 Å². The third-order valence-electron chi connectivity index (χ3n) is 1.27. The molecule has 14 heavy (non-hydrogen) atoms. The number of hydrogen-bond acceptors (Lipinski definition) is 7. The lowest BCUT2D eigenvalue weighted by Gasteiger charge is -2.14. The predicted molar refractivity (Wildman–Crippen MR) is 46.0 cm³/mol. The van der Waals surface area contributed by atoms with Gasteiger partial charge in [-0.25, -0.2) is 0 Å². The Bertz CT molecular complexity index is 197. The van der Waals surface area contributed by atoms with Crippen molar-refractivity contribution in [2.24, 2.45) is 11.5 Å². The fraction of sp³-hybridized carbons (Fsp3) is 0.714. The van der Waals surface area contributed by atoms with Gasteiger partial charge in [-0.05, 0) is 0 Å². The minimum Gasteiger partial charge on any atom is -0.461 e. The number of aliphatic hydroxyl groups excluding tert-OH is 1. The summed E-state index contributed by atoms with van der Waals surface area (Å²) in [6.07, 6.45) is -0.887. The summed E-state index contributed by atoms with van der Waals surface area (Å²) >= 11 is 0. The molecule has 0 radical (unpaired) electrons. The van der Waals surface area contributed by atoms with Gasteiger partial charge in [0.25, 0.3) is 0 Å². The molecule has 7 heteroatoms. The molecule has 82 valence electrons. The van der Waals surface area contributed by atoms with Gasteiger partial charge in [0, 0.05) is 0 Å². The fourth-order valence-electron chi connectivity index (χ4n) is 0.603. The molecular weight excluding hydrogens is 192 g/mol. The summed E-state index contributed by atoms with van der Waals surface area (Å²) in [5.41, 5.74) is 9.94. The van der Waals surface area contributed by atoms with Gasteiger partial charge in [0.15, 0.2) is 6.10 Å². The smallest absolute Gasteiger partial charge is 0.320 e. The highest BCUT2D eigenvalue weighted by Crippen LogP contribution is 1.93. The molecule has 0 fully saturated rings. The second-order valence-corrected chi connectivity index (χ2v) is 2.39. The molecule has 0 heterocycles. The van der Waals surface area contributed by atoms with Gasteiger partial charge in [-0.3, -0.25) is 9.59 Å². The average molecular weight is 206 g/mol. The number of aliphatic hydroxyl groups is 1. The van der Waals surface area contributed by atoms with E-state index in [1.54, 1.807) is 0 Å². The van der Waals surface area contributed by atoms with Gasteiger partial charge in [0.1, 0.15) is 6.61 Å². The van der Waals surface area contributed by atoms with E-state index in [1.165, 1.54) is 0 Å². The van der Waals surface area contributed by atoms with Gasteiger partial charge in [-0.15, -0.1) is 0 Å². The van der Waals surface area contributed by atoms with Crippen LogP contribution in [-0.4, -0.2) is 49.5 Å². The molecule has 0 aromatic heterocycles. The van der Waals surface area contributed by atoms with Crippen LogP contribution in [0.4, 0.5) is 0 Å². The first kappa shape index (κ1) is 12.8. The zero-order valence-corrected chi connectivity index (χ0v) is 7.64. The zero-order chi connectivity index (χ0) is 11.0. The standard InChI is InChI=1S/C7H14N2O5/c8-1-6(11)13-4-5(3-10)14-7(12)2-9/h5,10H,1-4,8-9H2. The lowest BCUT2D eigenvalue weighted by molar-refractivity contribution is -0.159. The minimum atomic E-state index is -0.887. The number of ether oxygens (including phenoxy) is 2. The third-order valence-corrected chi connectivity index (χ3v) is 1.27. The fourth-order valence-corrected chi connectivity index (χ4v) is 0.603. The zero-order valence-electron chi connectivity index (χ0n) is 7.64. The van der Waals surface area contributed by atoms with Crippen LogP contribution in [-0.2, 0) is 19.1 Å². The number of carbonyl (C=O) groups is 2. The number of rotatable bonds is 6. The first-order valence-electron chi connectivity index (χ1n) is 4.00. The molecule has 0 amide bonds. The summed E-state index contributed by atoms with van der Waals surface area (Å²) in [6, 6.07) is 0. The van der Waals surface area contributed by atoms with Crippen LogP contribution in [0.2, 0.25) is 0 Å². The molecular formula is C7H14N2O5. The Kier molecular flexibility index (Phi) is 6.63. The van der Waals surface area contributed by atoms with E-state index in [0.717, 1.165) is 0 Å². The lowest BCUT2D eigenvalue weighted by Crippen LogP contribution is -2.32. The molecule has 0 aliphatic rings. The van der Waals surface area contributed by atoms with Crippen LogP contribution in [0.25, 0.3) is 0 Å². The van der Waals surface area contributed by atoms with E-state index >= 15 is 0 Å². The molecule has 0 aromatic rings. The van der Waals surface area contributed by atoms with E-state index in [0.29, 0.717) is 0 Å². The second-order valence-electron chi connectivity index (χ2n) is 2.39. The number of hydrogen-bond donors (Lipinski definition) is 3. The van der Waals surface area contributed by atoms with Crippen molar-refractivity contribution in [1.82, 2.24) is 0 Å². The van der Waals surface area contributed by atoms with Crippen molar-refractivity contribution >= 4 is 11.9 Å². The van der Waals surface area contributed by atoms with Crippen LogP contribution in [0.15, 0.2) is 0 Å². The van der Waals surface area contributed by atoms with E-state index in [4.69, 9.17) is 16.6 Å². The maximum absolute atomic E-state index is 10.7. The Hall–Kier alpha value is -1.18. The van der Waals surface area contributed by atoms with E-state index < -0.39 is 24.6 Å². The molecule has 0 bridgehead atoms. The van der Waals surface area contributed by atoms with Crippen LogP contribution >= 0.6 is 0 Å². The Morgan fingerprint density at radius 1 is 1.21 bits per heavy atom. The normalized spacial score (nSPS) is 11.9. The Morgan fingerprint density at radius 3 is 2.21 bits per heavy atom. The molecule has 0 aromatic carbocycles. The maximum Gasteiger partial charge on any atom is 0.320 e. The monoisotopic (exact) mass is 206 g/mol. The lowest BCUT2D eigenvalue weighted by atomic mass is 10.4. The maximum atomic E-state index is 10.7. The van der Waals surface area contributed by atoms with E-state index in [9.17, 15) is 9.59 Å². The molecule has 0 rings (SSSR count). The summed E-state index contributed by atoms with van der Waals surface area (Å²) in [5.74, 6) is -1.31. The van der Waals surface area contributed by atoms with E-state index in [-0.39, 0.29) is 19.7 Å².